The van der Waals surface area contributed by atoms with E-state index in [2.05, 4.69) is 4.98 Å². The van der Waals surface area contributed by atoms with Gasteiger partial charge in [0.2, 0.25) is 0 Å². The summed E-state index contributed by atoms with van der Waals surface area (Å²) in [4.78, 5) is 4.16. The molecule has 2 rings (SSSR count). The summed E-state index contributed by atoms with van der Waals surface area (Å²) in [6.07, 6.45) is 0. The highest BCUT2D eigenvalue weighted by Gasteiger charge is 2.17. The minimum Gasteiger partial charge on any atom is -0.428 e. The van der Waals surface area contributed by atoms with Crippen molar-refractivity contribution >= 4 is 6.01 Å². The van der Waals surface area contributed by atoms with Crippen LogP contribution in [-0.2, 0) is 0 Å². The lowest BCUT2D eigenvalue weighted by molar-refractivity contribution is 0.500. The second kappa shape index (κ2) is 4.20. The van der Waals surface area contributed by atoms with Crippen molar-refractivity contribution < 1.29 is 8.81 Å². The average molecular weight is 234 g/mol. The van der Waals surface area contributed by atoms with Crippen molar-refractivity contribution in [1.82, 2.24) is 4.98 Å². The summed E-state index contributed by atoms with van der Waals surface area (Å²) in [6.45, 7) is 5.72. The van der Waals surface area contributed by atoms with Gasteiger partial charge in [-0.1, -0.05) is 13.8 Å². The van der Waals surface area contributed by atoms with E-state index in [-0.39, 0.29) is 17.7 Å². The van der Waals surface area contributed by atoms with Crippen LogP contribution in [0.3, 0.4) is 0 Å². The summed E-state index contributed by atoms with van der Waals surface area (Å²) in [5.74, 6) is 0.685. The number of rotatable bonds is 2. The number of aryl methyl sites for hydroxylation is 1. The van der Waals surface area contributed by atoms with Gasteiger partial charge in [0.15, 0.2) is 0 Å². The molecule has 90 valence electrons. The molecule has 0 atom stereocenters. The molecule has 0 fully saturated rings. The van der Waals surface area contributed by atoms with E-state index >= 15 is 0 Å². The van der Waals surface area contributed by atoms with Crippen molar-refractivity contribution in [1.29, 1.82) is 0 Å². The minimum atomic E-state index is -0.226. The quantitative estimate of drug-likeness (QED) is 0.865. The summed E-state index contributed by atoms with van der Waals surface area (Å²) in [5, 5.41) is 0. The first-order valence-electron chi connectivity index (χ1n) is 5.51. The number of nitrogen functional groups attached to an aromatic ring is 1. The van der Waals surface area contributed by atoms with Crippen LogP contribution >= 0.6 is 0 Å². The van der Waals surface area contributed by atoms with Crippen molar-refractivity contribution in [2.75, 3.05) is 5.73 Å². The van der Waals surface area contributed by atoms with Gasteiger partial charge in [0.05, 0.1) is 0 Å². The molecule has 0 bridgehead atoms. The Balaban J connectivity index is 2.55. The Bertz CT molecular complexity index is 546. The summed E-state index contributed by atoms with van der Waals surface area (Å²) in [6, 6.07) is 5.01. The molecular weight excluding hydrogens is 219 g/mol. The van der Waals surface area contributed by atoms with Crippen LogP contribution < -0.4 is 5.73 Å². The van der Waals surface area contributed by atoms with Crippen LogP contribution in [0.2, 0.25) is 0 Å². The maximum absolute atomic E-state index is 13.2. The van der Waals surface area contributed by atoms with E-state index < -0.39 is 0 Å². The molecule has 0 saturated carbocycles. The molecule has 0 aliphatic rings. The predicted molar refractivity (Wildman–Crippen MR) is 65.1 cm³/mol. The van der Waals surface area contributed by atoms with Crippen LogP contribution in [0, 0.1) is 12.7 Å². The summed E-state index contributed by atoms with van der Waals surface area (Å²) < 4.78 is 18.6. The highest BCUT2D eigenvalue weighted by molar-refractivity contribution is 5.64. The minimum absolute atomic E-state index is 0.144. The van der Waals surface area contributed by atoms with Crippen LogP contribution in [0.4, 0.5) is 10.4 Å². The van der Waals surface area contributed by atoms with E-state index in [0.29, 0.717) is 11.3 Å². The number of oxazole rings is 1. The van der Waals surface area contributed by atoms with Gasteiger partial charge in [0, 0.05) is 11.5 Å². The number of nitrogens with two attached hydrogens (primary N) is 1. The Morgan fingerprint density at radius 1 is 1.35 bits per heavy atom. The molecule has 0 radical (unpaired) electrons. The molecule has 0 amide bonds. The van der Waals surface area contributed by atoms with Crippen molar-refractivity contribution in [3.63, 3.8) is 0 Å². The Hall–Kier alpha value is -1.84. The number of halogens is 1. The van der Waals surface area contributed by atoms with Crippen LogP contribution in [0.5, 0.6) is 0 Å². The third-order valence-electron chi connectivity index (χ3n) is 2.63. The van der Waals surface area contributed by atoms with Crippen LogP contribution in [0.1, 0.15) is 31.1 Å². The standard InChI is InChI=1S/C13H15FN2O/c1-7(2)12-11(16-13(15)17-12)9-4-5-10(14)8(3)6-9/h4-7H,1-3H3,(H2,15,16). The summed E-state index contributed by atoms with van der Waals surface area (Å²) in [7, 11) is 0. The van der Waals surface area contributed by atoms with Gasteiger partial charge in [-0.05, 0) is 30.7 Å². The molecule has 0 aliphatic heterocycles. The Morgan fingerprint density at radius 2 is 2.06 bits per heavy atom. The third-order valence-corrected chi connectivity index (χ3v) is 2.63. The molecule has 1 aromatic carbocycles. The van der Waals surface area contributed by atoms with Crippen LogP contribution in [0.25, 0.3) is 11.3 Å². The number of hydrogen-bond acceptors (Lipinski definition) is 3. The highest BCUT2D eigenvalue weighted by atomic mass is 19.1. The zero-order chi connectivity index (χ0) is 12.6. The normalized spacial score (nSPS) is 11.1. The van der Waals surface area contributed by atoms with Crippen molar-refractivity contribution in [3.05, 3.63) is 35.3 Å². The van der Waals surface area contributed by atoms with Gasteiger partial charge in [-0.15, -0.1) is 0 Å². The van der Waals surface area contributed by atoms with Gasteiger partial charge < -0.3 is 10.2 Å². The smallest absolute Gasteiger partial charge is 0.292 e. The van der Waals surface area contributed by atoms with Gasteiger partial charge in [-0.2, -0.15) is 4.98 Å². The fourth-order valence-corrected chi connectivity index (χ4v) is 1.74. The number of benzene rings is 1. The number of hydrogen-bond donors (Lipinski definition) is 1. The van der Waals surface area contributed by atoms with Gasteiger partial charge >= 0.3 is 0 Å². The van der Waals surface area contributed by atoms with E-state index in [0.717, 1.165) is 11.3 Å². The topological polar surface area (TPSA) is 52.0 Å². The predicted octanol–water partition coefficient (Wildman–Crippen LogP) is 3.49. The first kappa shape index (κ1) is 11.6. The maximum atomic E-state index is 13.2. The zero-order valence-electron chi connectivity index (χ0n) is 10.1. The van der Waals surface area contributed by atoms with E-state index in [9.17, 15) is 4.39 Å². The lowest BCUT2D eigenvalue weighted by atomic mass is 10.0. The molecule has 1 aromatic heterocycles. The van der Waals surface area contributed by atoms with Crippen molar-refractivity contribution in [2.45, 2.75) is 26.7 Å². The van der Waals surface area contributed by atoms with Gasteiger partial charge in [-0.3, -0.25) is 0 Å². The molecule has 17 heavy (non-hydrogen) atoms. The molecule has 3 nitrogen and oxygen atoms in total. The fraction of sp³-hybridized carbons (Fsp3) is 0.308. The molecule has 4 heteroatoms. The number of nitrogens with zero attached hydrogens (tertiary/aromatic N) is 1. The summed E-state index contributed by atoms with van der Waals surface area (Å²) >= 11 is 0. The van der Waals surface area contributed by atoms with Crippen LogP contribution in [0.15, 0.2) is 22.6 Å². The second-order valence-electron chi connectivity index (χ2n) is 4.38. The lowest BCUT2D eigenvalue weighted by Crippen LogP contribution is -1.91. The Kier molecular flexibility index (Phi) is 2.88. The fourth-order valence-electron chi connectivity index (χ4n) is 1.74. The number of anilines is 1. The molecule has 0 unspecified atom stereocenters. The van der Waals surface area contributed by atoms with Crippen molar-refractivity contribution in [2.24, 2.45) is 0 Å². The Morgan fingerprint density at radius 3 is 2.65 bits per heavy atom. The van der Waals surface area contributed by atoms with Crippen LogP contribution in [-0.4, -0.2) is 4.98 Å². The second-order valence-corrected chi connectivity index (χ2v) is 4.38. The van der Waals surface area contributed by atoms with E-state index in [1.165, 1.54) is 6.07 Å². The van der Waals surface area contributed by atoms with E-state index in [1.807, 2.05) is 13.8 Å². The van der Waals surface area contributed by atoms with E-state index in [4.69, 9.17) is 10.2 Å². The SMILES string of the molecule is Cc1cc(-c2nc(N)oc2C(C)C)ccc1F. The molecule has 2 aromatic rings. The zero-order valence-corrected chi connectivity index (χ0v) is 10.1. The third kappa shape index (κ3) is 2.16. The molecule has 2 N–H and O–H groups in total. The maximum Gasteiger partial charge on any atom is 0.292 e. The number of aromatic nitrogens is 1. The molecule has 0 saturated heterocycles. The largest absolute Gasteiger partial charge is 0.428 e. The molecule has 0 aliphatic carbocycles. The average Bonchev–Trinajstić information content (AvgIpc) is 2.64. The first-order chi connectivity index (χ1) is 7.99. The molecular formula is C13H15FN2O. The monoisotopic (exact) mass is 234 g/mol. The first-order valence-corrected chi connectivity index (χ1v) is 5.51. The molecule has 0 spiro atoms. The lowest BCUT2D eigenvalue weighted by Gasteiger charge is -2.05. The van der Waals surface area contributed by atoms with Crippen molar-refractivity contribution in [3.8, 4) is 11.3 Å². The molecule has 1 heterocycles. The van der Waals surface area contributed by atoms with Gasteiger partial charge in [-0.25, -0.2) is 4.39 Å². The summed E-state index contributed by atoms with van der Waals surface area (Å²) in [5.41, 5.74) is 7.67. The van der Waals surface area contributed by atoms with Gasteiger partial charge in [0.25, 0.3) is 6.01 Å². The van der Waals surface area contributed by atoms with E-state index in [1.54, 1.807) is 19.1 Å². The highest BCUT2D eigenvalue weighted by Crippen LogP contribution is 2.31. The van der Waals surface area contributed by atoms with Gasteiger partial charge in [0.1, 0.15) is 17.3 Å². The Labute approximate surface area is 99.5 Å².